The van der Waals surface area contributed by atoms with Gasteiger partial charge in [-0.25, -0.2) is 0 Å². The Morgan fingerprint density at radius 1 is 1.28 bits per heavy atom. The van der Waals surface area contributed by atoms with Gasteiger partial charge in [-0.2, -0.15) is 0 Å². The molecule has 2 nitrogen and oxygen atoms in total. The van der Waals surface area contributed by atoms with Crippen LogP contribution >= 0.6 is 31.9 Å². The molecule has 0 aromatic heterocycles. The zero-order valence-electron chi connectivity index (χ0n) is 10.2. The van der Waals surface area contributed by atoms with E-state index in [0.717, 1.165) is 41.2 Å². The second-order valence-corrected chi connectivity index (χ2v) is 6.34. The van der Waals surface area contributed by atoms with Crippen LogP contribution < -0.4 is 0 Å². The molecule has 0 spiro atoms. The molecule has 1 unspecified atom stereocenters. The molecule has 1 aromatic carbocycles. The number of nitrogens with zero attached hydrogens (tertiary/aromatic N) is 1. The van der Waals surface area contributed by atoms with Crippen molar-refractivity contribution in [1.82, 2.24) is 4.90 Å². The second kappa shape index (κ2) is 6.71. The van der Waals surface area contributed by atoms with E-state index in [-0.39, 0.29) is 5.91 Å². The van der Waals surface area contributed by atoms with Crippen molar-refractivity contribution in [1.29, 1.82) is 0 Å². The van der Waals surface area contributed by atoms with Crippen molar-refractivity contribution < 1.29 is 4.79 Å². The number of piperidine rings is 1. The van der Waals surface area contributed by atoms with Gasteiger partial charge in [0.15, 0.2) is 0 Å². The van der Waals surface area contributed by atoms with E-state index in [9.17, 15) is 4.79 Å². The van der Waals surface area contributed by atoms with E-state index in [1.165, 1.54) is 6.42 Å². The van der Waals surface area contributed by atoms with Crippen LogP contribution in [0, 0.1) is 0 Å². The highest BCUT2D eigenvalue weighted by Gasteiger charge is 2.26. The van der Waals surface area contributed by atoms with Crippen molar-refractivity contribution in [3.05, 3.63) is 34.3 Å². The first kappa shape index (κ1) is 14.1. The molecule has 0 bridgehead atoms. The maximum Gasteiger partial charge on any atom is 0.254 e. The summed E-state index contributed by atoms with van der Waals surface area (Å²) >= 11 is 6.88. The Labute approximate surface area is 125 Å². The van der Waals surface area contributed by atoms with Crippen LogP contribution in [0.3, 0.4) is 0 Å². The van der Waals surface area contributed by atoms with Gasteiger partial charge in [0.25, 0.3) is 5.91 Å². The molecule has 0 aliphatic carbocycles. The lowest BCUT2D eigenvalue weighted by molar-refractivity contribution is 0.0610. The largest absolute Gasteiger partial charge is 0.336 e. The van der Waals surface area contributed by atoms with Gasteiger partial charge in [-0.3, -0.25) is 4.79 Å². The minimum Gasteiger partial charge on any atom is -0.336 e. The van der Waals surface area contributed by atoms with Crippen molar-refractivity contribution >= 4 is 37.8 Å². The quantitative estimate of drug-likeness (QED) is 0.725. The van der Waals surface area contributed by atoms with Crippen LogP contribution in [0.15, 0.2) is 28.7 Å². The molecule has 98 valence electrons. The number of amides is 1. The summed E-state index contributed by atoms with van der Waals surface area (Å²) < 4.78 is 1.01. The number of rotatable bonds is 3. The average molecular weight is 375 g/mol. The molecule has 0 saturated carbocycles. The van der Waals surface area contributed by atoms with Crippen molar-refractivity contribution in [2.75, 3.05) is 11.9 Å². The summed E-state index contributed by atoms with van der Waals surface area (Å²) in [4.78, 5) is 14.5. The van der Waals surface area contributed by atoms with Gasteiger partial charge in [0.05, 0.1) is 0 Å². The predicted molar refractivity (Wildman–Crippen MR) is 81.2 cm³/mol. The van der Waals surface area contributed by atoms with Crippen LogP contribution in [0.4, 0.5) is 0 Å². The lowest BCUT2D eigenvalue weighted by Crippen LogP contribution is -2.43. The molecule has 1 heterocycles. The molecule has 18 heavy (non-hydrogen) atoms. The number of carbonyl (C=O) groups is 1. The Balaban J connectivity index is 2.12. The van der Waals surface area contributed by atoms with Gasteiger partial charge in [0, 0.05) is 28.0 Å². The molecule has 1 amide bonds. The van der Waals surface area contributed by atoms with Crippen LogP contribution in [-0.2, 0) is 0 Å². The molecule has 2 rings (SSSR count). The summed E-state index contributed by atoms with van der Waals surface area (Å²) in [5.41, 5.74) is 0.791. The Morgan fingerprint density at radius 2 is 2.00 bits per heavy atom. The third-order valence-electron chi connectivity index (χ3n) is 3.42. The fraction of sp³-hybridized carbons (Fsp3) is 0.500. The number of hydrogen-bond acceptors (Lipinski definition) is 1. The fourth-order valence-corrected chi connectivity index (χ4v) is 3.25. The van der Waals surface area contributed by atoms with Gasteiger partial charge < -0.3 is 4.90 Å². The molecular weight excluding hydrogens is 358 g/mol. The standard InChI is InChI=1S/C14H17Br2NO/c15-9-8-13-3-1-2-10-17(13)14(18)11-4-6-12(16)7-5-11/h4-7,13H,1-3,8-10H2. The van der Waals surface area contributed by atoms with Crippen molar-refractivity contribution in [3.63, 3.8) is 0 Å². The molecule has 1 aliphatic rings. The van der Waals surface area contributed by atoms with Gasteiger partial charge in [0.2, 0.25) is 0 Å². The highest BCUT2D eigenvalue weighted by molar-refractivity contribution is 9.10. The van der Waals surface area contributed by atoms with Gasteiger partial charge in [-0.1, -0.05) is 31.9 Å². The van der Waals surface area contributed by atoms with Crippen molar-refractivity contribution in [3.8, 4) is 0 Å². The summed E-state index contributed by atoms with van der Waals surface area (Å²) in [6.07, 6.45) is 4.54. The molecule has 1 fully saturated rings. The third kappa shape index (κ3) is 3.35. The number of hydrogen-bond donors (Lipinski definition) is 0. The van der Waals surface area contributed by atoms with E-state index in [4.69, 9.17) is 0 Å². The molecule has 4 heteroatoms. The zero-order chi connectivity index (χ0) is 13.0. The van der Waals surface area contributed by atoms with E-state index in [1.807, 2.05) is 29.2 Å². The first-order valence-electron chi connectivity index (χ1n) is 6.35. The average Bonchev–Trinajstić information content (AvgIpc) is 2.40. The monoisotopic (exact) mass is 373 g/mol. The smallest absolute Gasteiger partial charge is 0.254 e. The summed E-state index contributed by atoms with van der Waals surface area (Å²) in [5, 5.41) is 0.960. The summed E-state index contributed by atoms with van der Waals surface area (Å²) in [6, 6.07) is 8.04. The predicted octanol–water partition coefficient (Wildman–Crippen LogP) is 4.23. The van der Waals surface area contributed by atoms with E-state index in [2.05, 4.69) is 31.9 Å². The maximum absolute atomic E-state index is 12.5. The highest BCUT2D eigenvalue weighted by Crippen LogP contribution is 2.23. The normalized spacial score (nSPS) is 19.9. The van der Waals surface area contributed by atoms with Gasteiger partial charge in [-0.05, 0) is 49.9 Å². The SMILES string of the molecule is O=C(c1ccc(Br)cc1)N1CCCCC1CCBr. The minimum absolute atomic E-state index is 0.174. The van der Waals surface area contributed by atoms with E-state index in [1.54, 1.807) is 0 Å². The van der Waals surface area contributed by atoms with Gasteiger partial charge in [0.1, 0.15) is 0 Å². The van der Waals surface area contributed by atoms with Crippen LogP contribution in [0.2, 0.25) is 0 Å². The highest BCUT2D eigenvalue weighted by atomic mass is 79.9. The minimum atomic E-state index is 0.174. The summed E-state index contributed by atoms with van der Waals surface area (Å²) in [5.74, 6) is 0.174. The second-order valence-electron chi connectivity index (χ2n) is 4.63. The molecule has 1 aliphatic heterocycles. The lowest BCUT2D eigenvalue weighted by atomic mass is 9.99. The van der Waals surface area contributed by atoms with E-state index in [0.29, 0.717) is 6.04 Å². The van der Waals surface area contributed by atoms with Crippen molar-refractivity contribution in [2.24, 2.45) is 0 Å². The molecule has 1 aromatic rings. The summed E-state index contributed by atoms with van der Waals surface area (Å²) in [7, 11) is 0. The number of alkyl halides is 1. The topological polar surface area (TPSA) is 20.3 Å². The Kier molecular flexibility index (Phi) is 5.25. The zero-order valence-corrected chi connectivity index (χ0v) is 13.4. The fourth-order valence-electron chi connectivity index (χ4n) is 2.45. The van der Waals surface area contributed by atoms with Crippen molar-refractivity contribution in [2.45, 2.75) is 31.7 Å². The Morgan fingerprint density at radius 3 is 2.67 bits per heavy atom. The van der Waals surface area contributed by atoms with Crippen LogP contribution in [0.1, 0.15) is 36.0 Å². The Hall–Kier alpha value is -0.350. The van der Waals surface area contributed by atoms with Crippen LogP contribution in [-0.4, -0.2) is 28.7 Å². The van der Waals surface area contributed by atoms with Gasteiger partial charge >= 0.3 is 0 Å². The maximum atomic E-state index is 12.5. The molecule has 0 N–H and O–H groups in total. The van der Waals surface area contributed by atoms with Gasteiger partial charge in [-0.15, -0.1) is 0 Å². The molecule has 1 atom stereocenters. The lowest BCUT2D eigenvalue weighted by Gasteiger charge is -2.35. The van der Waals surface area contributed by atoms with Crippen LogP contribution in [0.25, 0.3) is 0 Å². The number of likely N-dealkylation sites (tertiary alicyclic amines) is 1. The third-order valence-corrected chi connectivity index (χ3v) is 4.41. The molecule has 1 saturated heterocycles. The molecule has 0 radical (unpaired) electrons. The molecular formula is C14H17Br2NO. The number of carbonyl (C=O) groups excluding carboxylic acids is 1. The first-order valence-corrected chi connectivity index (χ1v) is 8.26. The Bertz CT molecular complexity index is 403. The van der Waals surface area contributed by atoms with E-state index >= 15 is 0 Å². The number of halogens is 2. The number of benzene rings is 1. The first-order chi connectivity index (χ1) is 8.72. The summed E-state index contributed by atoms with van der Waals surface area (Å²) in [6.45, 7) is 0.895. The van der Waals surface area contributed by atoms with Crippen LogP contribution in [0.5, 0.6) is 0 Å². The van der Waals surface area contributed by atoms with E-state index < -0.39 is 0 Å².